The van der Waals surface area contributed by atoms with E-state index in [1.165, 1.54) is 96.3 Å². The van der Waals surface area contributed by atoms with Gasteiger partial charge in [0.1, 0.15) is 12.7 Å². The van der Waals surface area contributed by atoms with Crippen LogP contribution in [0.4, 0.5) is 0 Å². The molecule has 0 bridgehead atoms. The fourth-order valence-corrected chi connectivity index (χ4v) is 7.92. The lowest BCUT2D eigenvalue weighted by Gasteiger charge is -2.20. The molecule has 68 heavy (non-hydrogen) atoms. The fourth-order valence-electron chi connectivity index (χ4n) is 6.76. The van der Waals surface area contributed by atoms with E-state index in [2.05, 4.69) is 42.0 Å². The molecule has 16 heteroatoms. The Morgan fingerprint density at radius 2 is 1.01 bits per heavy atom. The quantitative estimate of drug-likeness (QED) is 0.0126. The summed E-state index contributed by atoms with van der Waals surface area (Å²) in [5.41, 5.74) is 0. The van der Waals surface area contributed by atoms with Gasteiger partial charge in [-0.3, -0.25) is 23.2 Å². The minimum atomic E-state index is -4.88. The van der Waals surface area contributed by atoms with E-state index in [-0.39, 0.29) is 12.8 Å². The Bertz CT molecular complexity index is 1500. The molecule has 0 saturated carbocycles. The number of phosphoric ester groups is 2. The van der Waals surface area contributed by atoms with E-state index in [4.69, 9.17) is 23.8 Å². The molecule has 2 unspecified atom stereocenters. The molecule has 4 atom stereocenters. The molecule has 0 aromatic rings. The van der Waals surface area contributed by atoms with Gasteiger partial charge in [-0.25, -0.2) is 9.13 Å². The highest BCUT2D eigenvalue weighted by Gasteiger charge is 2.28. The van der Waals surface area contributed by atoms with E-state index in [1.807, 2.05) is 54.7 Å². The third-order valence-electron chi connectivity index (χ3n) is 10.6. The van der Waals surface area contributed by atoms with Gasteiger partial charge in [0.2, 0.25) is 0 Å². The Balaban J connectivity index is 4.55. The number of carbonyl (C=O) groups is 2. The first kappa shape index (κ1) is 65.5. The highest BCUT2D eigenvalue weighted by atomic mass is 31.2. The van der Waals surface area contributed by atoms with E-state index in [9.17, 15) is 33.8 Å². The van der Waals surface area contributed by atoms with E-state index in [0.29, 0.717) is 25.7 Å². The Hall–Kier alpha value is -2.48. The van der Waals surface area contributed by atoms with E-state index in [0.717, 1.165) is 44.4 Å². The van der Waals surface area contributed by atoms with Crippen molar-refractivity contribution >= 4 is 27.6 Å². The van der Waals surface area contributed by atoms with Crippen LogP contribution in [-0.2, 0) is 41.8 Å². The second-order valence-electron chi connectivity index (χ2n) is 17.7. The number of hydrogen-bond donors (Lipinski definition) is 5. The smallest absolute Gasteiger partial charge is 0.462 e. The summed E-state index contributed by atoms with van der Waals surface area (Å²) in [6, 6.07) is 0. The summed E-state index contributed by atoms with van der Waals surface area (Å²) in [5.74, 6) is -0.328. The summed E-state index contributed by atoms with van der Waals surface area (Å²) in [7, 11) is -9.73. The van der Waals surface area contributed by atoms with Gasteiger partial charge < -0.3 is 34.4 Å². The van der Waals surface area contributed by atoms with Crippen molar-refractivity contribution in [2.75, 3.05) is 26.4 Å². The maximum Gasteiger partial charge on any atom is 0.472 e. The van der Waals surface area contributed by atoms with Gasteiger partial charge in [-0.05, 0) is 50.9 Å². The van der Waals surface area contributed by atoms with Crippen LogP contribution in [0.2, 0.25) is 0 Å². The highest BCUT2D eigenvalue weighted by molar-refractivity contribution is 7.47. The molecule has 0 fully saturated rings. The molecule has 14 nitrogen and oxygen atoms in total. The van der Waals surface area contributed by atoms with Crippen molar-refractivity contribution in [3.63, 3.8) is 0 Å². The molecule has 0 aliphatic carbocycles. The van der Waals surface area contributed by atoms with E-state index < -0.39 is 72.3 Å². The summed E-state index contributed by atoms with van der Waals surface area (Å²) in [5, 5.41) is 19.8. The molecule has 5 N–H and O–H groups in total. The van der Waals surface area contributed by atoms with Crippen LogP contribution in [0.3, 0.4) is 0 Å². The second-order valence-corrected chi connectivity index (χ2v) is 20.4. The van der Waals surface area contributed by atoms with Crippen molar-refractivity contribution in [2.45, 2.75) is 212 Å². The second kappa shape index (κ2) is 45.6. The zero-order valence-corrected chi connectivity index (χ0v) is 43.8. The number of allylic oxidation sites excluding steroid dienone is 10. The van der Waals surface area contributed by atoms with Crippen LogP contribution < -0.4 is 0 Å². The normalized spacial score (nSPS) is 15.0. The lowest BCUT2D eigenvalue weighted by atomic mass is 10.0. The molecule has 394 valence electrons. The molecule has 0 saturated heterocycles. The molecule has 0 radical (unpaired) electrons. The third kappa shape index (κ3) is 49.9. The zero-order valence-electron chi connectivity index (χ0n) is 42.0. The first-order valence-electron chi connectivity index (χ1n) is 25.6. The van der Waals surface area contributed by atoms with Crippen LogP contribution in [0.15, 0.2) is 72.9 Å². The fraction of sp³-hybridized carbons (Fsp3) is 0.731. The van der Waals surface area contributed by atoms with Crippen LogP contribution in [0, 0.1) is 5.92 Å². The number of esters is 2. The number of carbonyl (C=O) groups excluding carboxylic acids is 2. The lowest BCUT2D eigenvalue weighted by Crippen LogP contribution is -2.29. The molecule has 0 aliphatic heterocycles. The monoisotopic (exact) mass is 1000 g/mol. The van der Waals surface area contributed by atoms with Crippen LogP contribution in [0.25, 0.3) is 0 Å². The van der Waals surface area contributed by atoms with Crippen molar-refractivity contribution in [2.24, 2.45) is 5.92 Å². The summed E-state index contributed by atoms with van der Waals surface area (Å²) >= 11 is 0. The van der Waals surface area contributed by atoms with Gasteiger partial charge in [-0.15, -0.1) is 0 Å². The van der Waals surface area contributed by atoms with E-state index >= 15 is 0 Å². The summed E-state index contributed by atoms with van der Waals surface area (Å²) in [6.07, 6.45) is 47.9. The Morgan fingerprint density at radius 3 is 1.57 bits per heavy atom. The van der Waals surface area contributed by atoms with Crippen LogP contribution in [0.5, 0.6) is 0 Å². The summed E-state index contributed by atoms with van der Waals surface area (Å²) in [4.78, 5) is 52.9. The van der Waals surface area contributed by atoms with Crippen molar-refractivity contribution < 1.29 is 66.7 Å². The highest BCUT2D eigenvalue weighted by Crippen LogP contribution is 2.44. The molecule has 0 aliphatic rings. The average molecular weight is 1000 g/mol. The number of aliphatic hydroxyl groups is 2. The first-order valence-corrected chi connectivity index (χ1v) is 28.6. The third-order valence-corrected chi connectivity index (χ3v) is 12.1. The number of hydrogen-bond acceptors (Lipinski definition) is 11. The Kier molecular flexibility index (Phi) is 44.0. The zero-order chi connectivity index (χ0) is 50.4. The van der Waals surface area contributed by atoms with Gasteiger partial charge in [0, 0.05) is 12.8 Å². The number of aliphatic hydroxyl groups excluding tert-OH is 2. The number of phosphoric acid groups is 2. The van der Waals surface area contributed by atoms with Gasteiger partial charge in [0.05, 0.1) is 25.9 Å². The topological polar surface area (TPSA) is 216 Å². The Morgan fingerprint density at radius 1 is 0.529 bits per heavy atom. The molecule has 0 rings (SSSR count). The minimum absolute atomic E-state index is 0.0185. The van der Waals surface area contributed by atoms with Gasteiger partial charge >= 0.3 is 27.6 Å². The summed E-state index contributed by atoms with van der Waals surface area (Å²) < 4.78 is 47.9. The molecule has 0 heterocycles. The van der Waals surface area contributed by atoms with E-state index in [1.54, 1.807) is 6.08 Å². The predicted molar refractivity (Wildman–Crippen MR) is 273 cm³/mol. The molecule has 0 amide bonds. The van der Waals surface area contributed by atoms with Crippen LogP contribution in [0.1, 0.15) is 194 Å². The maximum atomic E-state index is 12.7. The van der Waals surface area contributed by atoms with Crippen LogP contribution >= 0.6 is 15.6 Å². The van der Waals surface area contributed by atoms with Gasteiger partial charge in [0.25, 0.3) is 0 Å². The molecule has 0 spiro atoms. The standard InChI is InChI=1S/C52H92O14P2/c1-4-5-6-7-29-34-39-48(53)40-35-30-25-21-18-19-23-27-32-37-42-52(56)66-50(46-65-68(60,61)64-44-49(54)43-63-67(57,58)59)45-62-51(55)41-36-31-26-22-17-15-13-11-9-8-10-12-14-16-20-24-28-33-38-47(2)3/h5-6,18-19,25,27,29-30,32,34-35,40,47-50,53-54H,4,7-17,20-24,26,28,31,33,36-39,41-46H2,1-3H3,(H,60,61)(H2,57,58,59)/b6-5-,19-18-,30-25-,32-27-,34-29-,40-35+/t48?,49-,50+/m0/s1. The van der Waals surface area contributed by atoms with Crippen molar-refractivity contribution in [1.82, 2.24) is 0 Å². The van der Waals surface area contributed by atoms with Crippen LogP contribution in [-0.4, -0.2) is 81.6 Å². The SMILES string of the molecule is CC/C=C\C/C=C\CC(O)/C=C/C=C\C/C=C\C/C=C\CCC(=O)O[C@H](COC(=O)CCCCCCCCCCCCCCCCCCCCC(C)C)COP(=O)(O)OC[C@@H](O)COP(=O)(O)O. The van der Waals surface area contributed by atoms with Crippen molar-refractivity contribution in [3.05, 3.63) is 72.9 Å². The first-order chi connectivity index (χ1) is 32.6. The lowest BCUT2D eigenvalue weighted by molar-refractivity contribution is -0.161. The summed E-state index contributed by atoms with van der Waals surface area (Å²) in [6.45, 7) is 3.86. The Labute approximate surface area is 410 Å². The van der Waals surface area contributed by atoms with Gasteiger partial charge in [-0.1, -0.05) is 209 Å². The van der Waals surface area contributed by atoms with Crippen molar-refractivity contribution in [1.29, 1.82) is 0 Å². The average Bonchev–Trinajstić information content (AvgIpc) is 3.29. The molecular formula is C52H92O14P2. The number of unbranched alkanes of at least 4 members (excludes halogenated alkanes) is 17. The molecule has 0 aromatic heterocycles. The minimum Gasteiger partial charge on any atom is -0.462 e. The predicted octanol–water partition coefficient (Wildman–Crippen LogP) is 13.0. The molecular weight excluding hydrogens is 911 g/mol. The largest absolute Gasteiger partial charge is 0.472 e. The maximum absolute atomic E-state index is 12.7. The molecule has 0 aromatic carbocycles. The van der Waals surface area contributed by atoms with Gasteiger partial charge in [0.15, 0.2) is 6.10 Å². The number of rotatable bonds is 47. The number of ether oxygens (including phenoxy) is 2. The van der Waals surface area contributed by atoms with Gasteiger partial charge in [-0.2, -0.15) is 0 Å². The van der Waals surface area contributed by atoms with Crippen molar-refractivity contribution in [3.8, 4) is 0 Å².